The summed E-state index contributed by atoms with van der Waals surface area (Å²) in [5.74, 6) is -1.29. The zero-order valence-electron chi connectivity index (χ0n) is 23.4. The number of barbiturate groups is 1. The van der Waals surface area contributed by atoms with Crippen LogP contribution >= 0.6 is 11.6 Å². The van der Waals surface area contributed by atoms with Gasteiger partial charge in [-0.25, -0.2) is 9.69 Å². The van der Waals surface area contributed by atoms with E-state index in [-0.39, 0.29) is 34.3 Å². The lowest BCUT2D eigenvalue weighted by molar-refractivity contribution is -0.122. The van der Waals surface area contributed by atoms with Crippen LogP contribution in [-0.4, -0.2) is 33.4 Å². The number of benzene rings is 4. The number of carbonyl (C=O) groups is 3. The standard InChI is InChI=1S/C32H25ClN2O8S/c1-20-3-14-26(15-4-20)44(39,40)43-28-16-7-22(18-29(28)41-2)17-27-30(36)34-32(38)35(31(27)37)24-10-12-25(13-11-24)42-19-21-5-8-23(33)9-6-21/h3-18H,19H2,1-2H3,(H,34,36,38)/b27-17+. The van der Waals surface area contributed by atoms with Gasteiger partial charge >= 0.3 is 16.1 Å². The van der Waals surface area contributed by atoms with E-state index in [1.165, 1.54) is 55.7 Å². The first-order valence-electron chi connectivity index (χ1n) is 13.1. The van der Waals surface area contributed by atoms with Crippen molar-refractivity contribution < 1.29 is 36.5 Å². The number of anilines is 1. The zero-order chi connectivity index (χ0) is 31.4. The van der Waals surface area contributed by atoms with Crippen LogP contribution in [0, 0.1) is 6.92 Å². The number of nitrogens with zero attached hydrogens (tertiary/aromatic N) is 1. The number of rotatable bonds is 9. The normalized spacial score (nSPS) is 14.4. The highest BCUT2D eigenvalue weighted by molar-refractivity contribution is 7.87. The van der Waals surface area contributed by atoms with E-state index < -0.39 is 28.0 Å². The molecule has 0 saturated carbocycles. The Balaban J connectivity index is 1.34. The summed E-state index contributed by atoms with van der Waals surface area (Å²) in [5.41, 5.74) is 2.00. The fourth-order valence-electron chi connectivity index (χ4n) is 4.21. The minimum Gasteiger partial charge on any atom is -0.493 e. The second kappa shape index (κ2) is 12.6. The number of imide groups is 2. The molecule has 1 aliphatic heterocycles. The molecule has 44 heavy (non-hydrogen) atoms. The van der Waals surface area contributed by atoms with Crippen LogP contribution in [0.1, 0.15) is 16.7 Å². The third kappa shape index (κ3) is 6.74. The van der Waals surface area contributed by atoms with E-state index in [0.717, 1.165) is 16.0 Å². The van der Waals surface area contributed by atoms with Gasteiger partial charge in [0, 0.05) is 5.02 Å². The molecule has 0 bridgehead atoms. The molecule has 1 N–H and O–H groups in total. The Bertz CT molecular complexity index is 1870. The van der Waals surface area contributed by atoms with Crippen LogP contribution < -0.4 is 23.9 Å². The summed E-state index contributed by atoms with van der Waals surface area (Å²) in [6.45, 7) is 2.11. The average molecular weight is 633 g/mol. The first-order chi connectivity index (χ1) is 21.0. The summed E-state index contributed by atoms with van der Waals surface area (Å²) >= 11 is 5.91. The Morgan fingerprint density at radius 3 is 2.20 bits per heavy atom. The maximum atomic E-state index is 13.4. The molecule has 4 amide bonds. The fraction of sp³-hybridized carbons (Fsp3) is 0.0938. The number of nitrogens with one attached hydrogen (secondary N) is 1. The van der Waals surface area contributed by atoms with Crippen molar-refractivity contribution in [3.05, 3.63) is 118 Å². The van der Waals surface area contributed by atoms with Crippen molar-refractivity contribution in [3.8, 4) is 17.2 Å². The van der Waals surface area contributed by atoms with Gasteiger partial charge in [0.15, 0.2) is 11.5 Å². The van der Waals surface area contributed by atoms with E-state index in [0.29, 0.717) is 16.3 Å². The van der Waals surface area contributed by atoms with Crippen molar-refractivity contribution in [3.63, 3.8) is 0 Å². The zero-order valence-corrected chi connectivity index (χ0v) is 25.0. The van der Waals surface area contributed by atoms with Crippen LogP contribution in [0.5, 0.6) is 17.2 Å². The molecule has 1 fully saturated rings. The number of aryl methyl sites for hydroxylation is 1. The molecule has 224 valence electrons. The Kier molecular flexibility index (Phi) is 8.70. The van der Waals surface area contributed by atoms with Crippen molar-refractivity contribution >= 4 is 51.3 Å². The maximum absolute atomic E-state index is 13.4. The number of amides is 4. The molecule has 0 aliphatic carbocycles. The number of hydrogen-bond donors (Lipinski definition) is 1. The fourth-order valence-corrected chi connectivity index (χ4v) is 5.28. The molecule has 0 unspecified atom stereocenters. The minimum atomic E-state index is -4.16. The summed E-state index contributed by atoms with van der Waals surface area (Å²) in [6, 6.07) is 22.9. The Hall–Kier alpha value is -5.13. The number of ether oxygens (including phenoxy) is 2. The molecule has 0 aromatic heterocycles. The number of urea groups is 1. The monoisotopic (exact) mass is 632 g/mol. The smallest absolute Gasteiger partial charge is 0.339 e. The predicted octanol–water partition coefficient (Wildman–Crippen LogP) is 5.67. The van der Waals surface area contributed by atoms with Gasteiger partial charge in [-0.1, -0.05) is 47.5 Å². The van der Waals surface area contributed by atoms with Gasteiger partial charge in [0.1, 0.15) is 22.8 Å². The lowest BCUT2D eigenvalue weighted by Gasteiger charge is -2.26. The van der Waals surface area contributed by atoms with E-state index in [1.54, 1.807) is 36.4 Å². The van der Waals surface area contributed by atoms with Crippen LogP contribution in [0.15, 0.2) is 101 Å². The van der Waals surface area contributed by atoms with Crippen LogP contribution in [0.2, 0.25) is 5.02 Å². The van der Waals surface area contributed by atoms with Crippen molar-refractivity contribution in [1.82, 2.24) is 5.32 Å². The van der Waals surface area contributed by atoms with Gasteiger partial charge in [0.2, 0.25) is 0 Å². The summed E-state index contributed by atoms with van der Waals surface area (Å²) < 4.78 is 41.9. The Labute approximate surface area is 258 Å². The van der Waals surface area contributed by atoms with Crippen LogP contribution in [0.4, 0.5) is 10.5 Å². The molecule has 1 aliphatic rings. The third-order valence-corrected chi connectivity index (χ3v) is 8.02. The highest BCUT2D eigenvalue weighted by Crippen LogP contribution is 2.32. The first-order valence-corrected chi connectivity index (χ1v) is 14.9. The van der Waals surface area contributed by atoms with Gasteiger partial charge in [-0.15, -0.1) is 0 Å². The van der Waals surface area contributed by atoms with E-state index in [9.17, 15) is 22.8 Å². The molecule has 1 saturated heterocycles. The average Bonchev–Trinajstić information content (AvgIpc) is 3.00. The van der Waals surface area contributed by atoms with Gasteiger partial charge < -0.3 is 13.7 Å². The largest absolute Gasteiger partial charge is 0.493 e. The number of hydrogen-bond acceptors (Lipinski definition) is 8. The van der Waals surface area contributed by atoms with Crippen LogP contribution in [0.3, 0.4) is 0 Å². The molecule has 0 atom stereocenters. The lowest BCUT2D eigenvalue weighted by Crippen LogP contribution is -2.54. The maximum Gasteiger partial charge on any atom is 0.339 e. The van der Waals surface area contributed by atoms with E-state index in [1.807, 2.05) is 19.1 Å². The summed E-state index contributed by atoms with van der Waals surface area (Å²) in [7, 11) is -2.84. The predicted molar refractivity (Wildman–Crippen MR) is 163 cm³/mol. The van der Waals surface area contributed by atoms with Crippen molar-refractivity contribution in [2.45, 2.75) is 18.4 Å². The summed E-state index contributed by atoms with van der Waals surface area (Å²) in [6.07, 6.45) is 1.27. The number of carbonyl (C=O) groups excluding carboxylic acids is 3. The Morgan fingerprint density at radius 2 is 1.55 bits per heavy atom. The quantitative estimate of drug-likeness (QED) is 0.142. The Morgan fingerprint density at radius 1 is 0.864 bits per heavy atom. The van der Waals surface area contributed by atoms with Crippen LogP contribution in [0.25, 0.3) is 6.08 Å². The third-order valence-electron chi connectivity index (χ3n) is 6.52. The van der Waals surface area contributed by atoms with Gasteiger partial charge in [-0.05, 0) is 84.8 Å². The number of halogens is 1. The molecule has 10 nitrogen and oxygen atoms in total. The van der Waals surface area contributed by atoms with Gasteiger partial charge in [0.05, 0.1) is 12.8 Å². The molecule has 5 rings (SSSR count). The molecular formula is C32H25ClN2O8S. The molecule has 4 aromatic carbocycles. The first kappa shape index (κ1) is 30.3. The topological polar surface area (TPSA) is 128 Å². The van der Waals surface area contributed by atoms with Crippen molar-refractivity contribution in [2.75, 3.05) is 12.0 Å². The second-order valence-corrected chi connectivity index (χ2v) is 11.6. The summed E-state index contributed by atoms with van der Waals surface area (Å²) in [4.78, 5) is 39.5. The van der Waals surface area contributed by atoms with Gasteiger partial charge in [-0.3, -0.25) is 14.9 Å². The van der Waals surface area contributed by atoms with Gasteiger partial charge in [0.25, 0.3) is 11.8 Å². The highest BCUT2D eigenvalue weighted by Gasteiger charge is 2.37. The molecular weight excluding hydrogens is 608 g/mol. The molecule has 0 spiro atoms. The van der Waals surface area contributed by atoms with Crippen molar-refractivity contribution in [1.29, 1.82) is 0 Å². The van der Waals surface area contributed by atoms with E-state index in [2.05, 4.69) is 5.32 Å². The molecule has 4 aromatic rings. The van der Waals surface area contributed by atoms with Crippen molar-refractivity contribution in [2.24, 2.45) is 0 Å². The van der Waals surface area contributed by atoms with Crippen LogP contribution in [-0.2, 0) is 26.3 Å². The second-order valence-electron chi connectivity index (χ2n) is 9.63. The highest BCUT2D eigenvalue weighted by atomic mass is 35.5. The van der Waals surface area contributed by atoms with E-state index in [4.69, 9.17) is 25.3 Å². The molecule has 1 heterocycles. The minimum absolute atomic E-state index is 0.0354. The lowest BCUT2D eigenvalue weighted by atomic mass is 10.1. The molecule has 12 heteroatoms. The molecule has 0 radical (unpaired) electrons. The number of methoxy groups -OCH3 is 1. The van der Waals surface area contributed by atoms with E-state index >= 15 is 0 Å². The van der Waals surface area contributed by atoms with Gasteiger partial charge in [-0.2, -0.15) is 8.42 Å². The summed E-state index contributed by atoms with van der Waals surface area (Å²) in [5, 5.41) is 2.78. The SMILES string of the molecule is COc1cc(/C=C2\C(=O)NC(=O)N(c3ccc(OCc4ccc(Cl)cc4)cc3)C2=O)ccc1OS(=O)(=O)c1ccc(C)cc1.